The molecule has 16 atom stereocenters. The predicted molar refractivity (Wildman–Crippen MR) is 470 cm³/mol. The molecule has 1 aliphatic carbocycles. The molecule has 5 aliphatic rings. The average Bonchev–Trinajstić information content (AvgIpc) is 1.45. The van der Waals surface area contributed by atoms with Gasteiger partial charge in [0.05, 0.1) is 161 Å². The van der Waals surface area contributed by atoms with Crippen molar-refractivity contribution in [1.82, 2.24) is 39.8 Å². The standard InChI is InChI=1S/C92H137N11O23/c1-59-15-11-10-12-16-60(2)76(113-8)53-70-23-18-64(6)92(111,126-70)86(108)89(109)102-29-14-13-17-73(102)90(110)124-78(71(93)50-65-20-24-75(112-7)79(51-65)114-9)54-77(61(3)48-63(5)84(106)85(107)83(105)62(4)47-59)123-58-96-28-32-116-34-36-118-38-40-120-42-44-122-46-45-121-43-41-119-39-37-117-35-33-115-31-27-80(104)101-30-26-67-49-66(19-21-69(67)56-101)55-103-88-81(87(94)97-57-98-88)82(100-103)68-22-25-74-72(52-68)99-91(95)125-74/h10-12,15-16,19,21-22,25,48-49,52,57,59,61-62,64-65,70-71,73,75-79,84-85,96,106-107,111H,13-14,17-18,20,23-24,26-47,50-51,53-56,58,93H2,1-9H3,(H2,95,99)(H2,94,97,98)/b12-10?,15-11+,60-16?,63-48+/t59-,61-,62-,64-,65+,70+,71-,73+,75-,76+,77-,78+,79-,84-,85+,92-/m1/s1. The van der Waals surface area contributed by atoms with E-state index in [0.29, 0.717) is 216 Å². The summed E-state index contributed by atoms with van der Waals surface area (Å²) in [7, 11) is 4.88. The third kappa shape index (κ3) is 29.3. The number of ketones is 2. The summed E-state index contributed by atoms with van der Waals surface area (Å²) < 4.78 is 89.9. The van der Waals surface area contributed by atoms with Crippen LogP contribution in [0.3, 0.4) is 0 Å². The molecule has 1 saturated carbocycles. The molecule has 10 N–H and O–H groups in total. The fourth-order valence-electron chi connectivity index (χ4n) is 17.1. The van der Waals surface area contributed by atoms with Crippen LogP contribution in [0.1, 0.15) is 142 Å². The lowest BCUT2D eigenvalue weighted by atomic mass is 9.80. The summed E-state index contributed by atoms with van der Waals surface area (Å²) in [5, 5.41) is 44.2. The van der Waals surface area contributed by atoms with E-state index in [0.717, 1.165) is 41.5 Å². The predicted octanol–water partition coefficient (Wildman–Crippen LogP) is 7.50. The van der Waals surface area contributed by atoms with Gasteiger partial charge in [0.1, 0.15) is 47.7 Å². The summed E-state index contributed by atoms with van der Waals surface area (Å²) in [6, 6.07) is 9.95. The lowest BCUT2D eigenvalue weighted by molar-refractivity contribution is -0.265. The molecule has 0 radical (unpaired) electrons. The Labute approximate surface area is 739 Å². The van der Waals surface area contributed by atoms with Crippen LogP contribution in [-0.4, -0.2) is 299 Å². The first kappa shape index (κ1) is 100. The molecule has 34 nitrogen and oxygen atoms in total. The minimum Gasteiger partial charge on any atom is -0.459 e. The van der Waals surface area contributed by atoms with Crippen LogP contribution in [0.5, 0.6) is 0 Å². The Balaban J connectivity index is 0.595. The summed E-state index contributed by atoms with van der Waals surface area (Å²) in [4.78, 5) is 87.5. The number of fused-ring (bicyclic) bond motifs is 6. The lowest BCUT2D eigenvalue weighted by Gasteiger charge is -2.43. The molecule has 34 heteroatoms. The number of methoxy groups -OCH3 is 3. The number of nitrogens with zero attached hydrogens (tertiary/aromatic N) is 7. The van der Waals surface area contributed by atoms with Crippen molar-refractivity contribution in [2.45, 2.75) is 211 Å². The molecule has 0 unspecified atom stereocenters. The monoisotopic (exact) mass is 1760 g/mol. The number of aromatic nitrogens is 5. The number of oxazole rings is 1. The van der Waals surface area contributed by atoms with Gasteiger partial charge < -0.3 is 113 Å². The molecule has 2 amide bonds. The van der Waals surface area contributed by atoms with Crippen LogP contribution in [0.25, 0.3) is 33.4 Å². The fourth-order valence-corrected chi connectivity index (χ4v) is 17.1. The zero-order chi connectivity index (χ0) is 90.1. The van der Waals surface area contributed by atoms with Crippen LogP contribution >= 0.6 is 0 Å². The summed E-state index contributed by atoms with van der Waals surface area (Å²) in [5.74, 6) is -7.51. The second-order valence-electron chi connectivity index (χ2n) is 33.8. The Bertz CT molecular complexity index is 4370. The number of aliphatic hydroxyl groups is 3. The molecular formula is C92H137N11O23. The Morgan fingerprint density at radius 3 is 2.04 bits per heavy atom. The van der Waals surface area contributed by atoms with Crippen LogP contribution in [0.4, 0.5) is 11.8 Å². The van der Waals surface area contributed by atoms with Gasteiger partial charge in [-0.05, 0) is 142 Å². The highest BCUT2D eigenvalue weighted by atomic mass is 16.6. The number of anilines is 2. The molecule has 7 heterocycles. The number of allylic oxidation sites excluding steroid dienone is 5. The maximum atomic E-state index is 15.0. The number of carbonyl (C=O) groups is 5. The number of amides is 2. The number of piperidine rings is 1. The van der Waals surface area contributed by atoms with Crippen LogP contribution in [0, 0.1) is 29.6 Å². The zero-order valence-electron chi connectivity index (χ0n) is 75.0. The minimum absolute atomic E-state index is 0.00291. The van der Waals surface area contributed by atoms with Crippen LogP contribution in [0.2, 0.25) is 0 Å². The molecule has 10 rings (SSSR count). The largest absolute Gasteiger partial charge is 0.459 e. The second kappa shape index (κ2) is 51.4. The number of hydrogen-bond donors (Lipinski definition) is 7. The number of cyclic esters (lactones) is 1. The maximum absolute atomic E-state index is 15.0. The van der Waals surface area contributed by atoms with Crippen LogP contribution < -0.4 is 22.5 Å². The molecule has 2 bridgehead atoms. The van der Waals surface area contributed by atoms with Crippen LogP contribution in [-0.2, 0) is 110 Å². The van der Waals surface area contributed by atoms with Crippen molar-refractivity contribution >= 4 is 63.3 Å². The number of hydrogen-bond acceptors (Lipinski definition) is 31. The number of nitrogens with one attached hydrogen (secondary N) is 1. The Morgan fingerprint density at radius 1 is 0.690 bits per heavy atom. The van der Waals surface area contributed by atoms with Gasteiger partial charge >= 0.3 is 5.97 Å². The number of rotatable bonds is 39. The van der Waals surface area contributed by atoms with E-state index in [1.54, 1.807) is 54.2 Å². The van der Waals surface area contributed by atoms with Crippen molar-refractivity contribution in [3.05, 3.63) is 107 Å². The number of nitrogen functional groups attached to an aromatic ring is 2. The van der Waals surface area contributed by atoms with E-state index in [2.05, 4.69) is 38.5 Å². The van der Waals surface area contributed by atoms with E-state index in [-0.39, 0.29) is 74.9 Å². The molecule has 3 fully saturated rings. The molecule has 4 aliphatic heterocycles. The van der Waals surface area contributed by atoms with Crippen molar-refractivity contribution < 1.29 is 110 Å². The van der Waals surface area contributed by atoms with Gasteiger partial charge in [0, 0.05) is 89.7 Å². The second-order valence-corrected chi connectivity index (χ2v) is 33.8. The first-order valence-corrected chi connectivity index (χ1v) is 44.7. The molecular weight excluding hydrogens is 1630 g/mol. The van der Waals surface area contributed by atoms with E-state index in [4.69, 9.17) is 93.0 Å². The first-order chi connectivity index (χ1) is 60.9. The van der Waals surface area contributed by atoms with Crippen LogP contribution in [0.15, 0.2) is 94.7 Å². The maximum Gasteiger partial charge on any atom is 0.329 e. The van der Waals surface area contributed by atoms with Gasteiger partial charge in [0.2, 0.25) is 11.7 Å². The smallest absolute Gasteiger partial charge is 0.329 e. The number of ether oxygens (including phenoxy) is 14. The molecule has 126 heavy (non-hydrogen) atoms. The fraction of sp³-hybridized carbons (Fsp3) is 0.663. The van der Waals surface area contributed by atoms with Gasteiger partial charge in [0.15, 0.2) is 17.0 Å². The highest BCUT2D eigenvalue weighted by Gasteiger charge is 2.53. The average molecular weight is 1770 g/mol. The van der Waals surface area contributed by atoms with Crippen molar-refractivity contribution in [2.24, 2.45) is 35.3 Å². The van der Waals surface area contributed by atoms with Gasteiger partial charge in [-0.25, -0.2) is 19.4 Å². The highest BCUT2D eigenvalue weighted by molar-refractivity contribution is 6.39. The Kier molecular flexibility index (Phi) is 40.9. The Hall–Kier alpha value is -7.95. The van der Waals surface area contributed by atoms with Crippen molar-refractivity contribution in [3.8, 4) is 11.3 Å². The summed E-state index contributed by atoms with van der Waals surface area (Å²) in [6.45, 7) is 18.7. The van der Waals surface area contributed by atoms with Gasteiger partial charge in [-0.2, -0.15) is 10.1 Å². The Morgan fingerprint density at radius 2 is 1.37 bits per heavy atom. The molecule has 698 valence electrons. The normalized spacial score (nSPS) is 27.1. The molecule has 5 aromatic rings. The van der Waals surface area contributed by atoms with Gasteiger partial charge in [0.25, 0.3) is 17.7 Å². The lowest BCUT2D eigenvalue weighted by Crippen LogP contribution is -2.61. The van der Waals surface area contributed by atoms with E-state index < -0.39 is 95.7 Å². The SMILES string of the molecule is CO[C@H]1C[C@@H]2CC[C@@H](C)[C@@](O)(O2)C(=O)C(=O)N2CCCC[C@H]2C(=O)O[C@H]([C@H](N)C[C@@H]2CC[C@@H](OC)[C@H](OC)C2)C[C@@H](OCNCCOCCOCCOCCOCCOCCOCCOCCOCCC(=O)N2CCc3cc(Cn4nc(-c5ccc6oc(N)nc6c5)c5c(N)ncnc54)ccc3C2)[C@H](C)/C=C(\C)[C@@H](O)[C@@H](O)C(=O)[C@H](C)C[C@H](C)/C=C/C=CC=C1C. The number of Topliss-reactive ketones (excluding diaryl/α,β-unsaturated/α-hetero) is 2. The topological polar surface area (TPSA) is 441 Å². The number of carbonyl (C=O) groups excluding carboxylic acids is 5. The number of benzene rings is 2. The van der Waals surface area contributed by atoms with Gasteiger partial charge in [-0.1, -0.05) is 82.4 Å². The number of nitrogens with two attached hydrogens (primary N) is 3. The van der Waals surface area contributed by atoms with E-state index in [1.165, 1.54) is 16.8 Å². The highest BCUT2D eigenvalue weighted by Crippen LogP contribution is 2.39. The molecule has 0 spiro atoms. The van der Waals surface area contributed by atoms with E-state index >= 15 is 0 Å². The minimum atomic E-state index is -2.48. The zero-order valence-corrected chi connectivity index (χ0v) is 75.0. The van der Waals surface area contributed by atoms with E-state index in [1.807, 2.05) is 72.9 Å². The number of esters is 1. The van der Waals surface area contributed by atoms with Gasteiger partial charge in [-0.15, -0.1) is 0 Å². The summed E-state index contributed by atoms with van der Waals surface area (Å²) in [5.41, 5.74) is 27.1. The summed E-state index contributed by atoms with van der Waals surface area (Å²) >= 11 is 0. The molecule has 2 saturated heterocycles. The third-order valence-corrected chi connectivity index (χ3v) is 24.5. The van der Waals surface area contributed by atoms with Gasteiger partial charge in [-0.3, -0.25) is 24.5 Å². The van der Waals surface area contributed by atoms with Crippen molar-refractivity contribution in [2.75, 3.05) is 165 Å². The quantitative estimate of drug-likeness (QED) is 0.00658. The molecule has 2 aromatic carbocycles. The summed E-state index contributed by atoms with van der Waals surface area (Å²) in [6.07, 6.45) is 12.5. The van der Waals surface area contributed by atoms with Crippen molar-refractivity contribution in [3.63, 3.8) is 0 Å². The van der Waals surface area contributed by atoms with E-state index in [9.17, 15) is 39.3 Å². The van der Waals surface area contributed by atoms with Crippen molar-refractivity contribution in [1.29, 1.82) is 0 Å². The number of aliphatic hydroxyl groups excluding tert-OH is 2. The molecule has 3 aromatic heterocycles. The third-order valence-electron chi connectivity index (χ3n) is 24.5. The first-order valence-electron chi connectivity index (χ1n) is 44.7.